The molecule has 210 valence electrons. The van der Waals surface area contributed by atoms with Crippen LogP contribution in [0.3, 0.4) is 0 Å². The standard InChI is InChI=1S/C27H27FN4O8/c1-2-29-26(35)30-20-11-12-32(27(36)31-20)23-22-21(39-25(40-22)15-7-4-3-5-8-15)19(38-23)14-37-13-17-16(24(33)34)9-6-10-18(17)28/h3-12,19,21-23,25H,2,13-14H2,1H3,(H,33,34)(H2,29,30,31,35,36)/t19-,21?,22?,23-,25+/m1/s1. The Labute approximate surface area is 227 Å². The molecule has 0 saturated carbocycles. The average molecular weight is 555 g/mol. The number of hydrogen-bond acceptors (Lipinski definition) is 8. The van der Waals surface area contributed by atoms with E-state index in [1.54, 1.807) is 6.92 Å². The summed E-state index contributed by atoms with van der Waals surface area (Å²) in [5.74, 6) is -1.91. The first-order valence-corrected chi connectivity index (χ1v) is 12.6. The minimum absolute atomic E-state index is 0.0616. The van der Waals surface area contributed by atoms with Gasteiger partial charge in [-0.3, -0.25) is 9.88 Å². The number of carbonyl (C=O) groups excluding carboxylic acids is 1. The zero-order valence-corrected chi connectivity index (χ0v) is 21.4. The van der Waals surface area contributed by atoms with Crippen LogP contribution in [0, 0.1) is 5.82 Å². The van der Waals surface area contributed by atoms with Crippen molar-refractivity contribution in [2.45, 2.75) is 44.4 Å². The van der Waals surface area contributed by atoms with E-state index in [9.17, 15) is 23.9 Å². The van der Waals surface area contributed by atoms with Crippen molar-refractivity contribution in [3.63, 3.8) is 0 Å². The molecule has 2 aliphatic heterocycles. The van der Waals surface area contributed by atoms with Gasteiger partial charge in [0.1, 0.15) is 29.9 Å². The molecular weight excluding hydrogens is 527 g/mol. The fraction of sp³-hybridized carbons (Fsp3) is 0.333. The lowest BCUT2D eigenvalue weighted by Crippen LogP contribution is -2.35. The van der Waals surface area contributed by atoms with E-state index in [1.165, 1.54) is 29.0 Å². The van der Waals surface area contributed by atoms with Gasteiger partial charge in [0, 0.05) is 23.9 Å². The highest BCUT2D eigenvalue weighted by molar-refractivity contribution is 5.89. The van der Waals surface area contributed by atoms with Gasteiger partial charge in [0.05, 0.1) is 18.8 Å². The zero-order valence-electron chi connectivity index (χ0n) is 21.4. The molecule has 0 spiro atoms. The highest BCUT2D eigenvalue weighted by Crippen LogP contribution is 2.43. The fourth-order valence-electron chi connectivity index (χ4n) is 4.64. The third-order valence-corrected chi connectivity index (χ3v) is 6.48. The van der Waals surface area contributed by atoms with Gasteiger partial charge in [0.2, 0.25) is 0 Å². The number of carbonyl (C=O) groups is 2. The minimum Gasteiger partial charge on any atom is -0.478 e. The molecule has 0 aliphatic carbocycles. The van der Waals surface area contributed by atoms with Gasteiger partial charge < -0.3 is 29.4 Å². The number of carboxylic acid groups (broad SMARTS) is 1. The Balaban J connectivity index is 1.35. The molecule has 3 heterocycles. The van der Waals surface area contributed by atoms with Crippen LogP contribution in [0.2, 0.25) is 0 Å². The lowest BCUT2D eigenvalue weighted by molar-refractivity contribution is -0.159. The summed E-state index contributed by atoms with van der Waals surface area (Å²) in [6, 6.07) is 13.9. The zero-order chi connectivity index (χ0) is 28.2. The Morgan fingerprint density at radius 1 is 1.07 bits per heavy atom. The molecule has 3 N–H and O–H groups in total. The molecule has 12 nitrogen and oxygen atoms in total. The maximum absolute atomic E-state index is 14.4. The number of anilines is 1. The molecule has 40 heavy (non-hydrogen) atoms. The van der Waals surface area contributed by atoms with E-state index in [-0.39, 0.29) is 30.2 Å². The predicted molar refractivity (Wildman–Crippen MR) is 137 cm³/mol. The van der Waals surface area contributed by atoms with Crippen LogP contribution in [0.5, 0.6) is 0 Å². The second kappa shape index (κ2) is 11.9. The molecule has 1 aromatic heterocycles. The predicted octanol–water partition coefficient (Wildman–Crippen LogP) is 2.82. The van der Waals surface area contributed by atoms with Crippen LogP contribution in [0.4, 0.5) is 15.0 Å². The number of urea groups is 1. The number of nitrogens with zero attached hydrogens (tertiary/aromatic N) is 2. The molecule has 3 aromatic rings. The quantitative estimate of drug-likeness (QED) is 0.363. The van der Waals surface area contributed by atoms with E-state index >= 15 is 0 Å². The van der Waals surface area contributed by atoms with Crippen molar-refractivity contribution in [3.8, 4) is 0 Å². The molecule has 2 fully saturated rings. The SMILES string of the molecule is CCNC(=O)Nc1ccn([C@@H]2O[C@H](COCc3c(F)cccc3C(=O)O)C3O[C@H](c4ccccc4)OC32)c(=O)n1. The fourth-order valence-corrected chi connectivity index (χ4v) is 4.64. The van der Waals surface area contributed by atoms with Gasteiger partial charge in [0.25, 0.3) is 0 Å². The number of nitrogens with one attached hydrogen (secondary N) is 2. The lowest BCUT2D eigenvalue weighted by Gasteiger charge is -2.22. The van der Waals surface area contributed by atoms with E-state index < -0.39 is 54.3 Å². The Morgan fingerprint density at radius 2 is 1.85 bits per heavy atom. The van der Waals surface area contributed by atoms with E-state index in [2.05, 4.69) is 15.6 Å². The Bertz CT molecular complexity index is 1440. The molecule has 0 bridgehead atoms. The topological polar surface area (TPSA) is 150 Å². The smallest absolute Gasteiger partial charge is 0.351 e. The third-order valence-electron chi connectivity index (χ3n) is 6.48. The van der Waals surface area contributed by atoms with Crippen LogP contribution in [0.15, 0.2) is 65.6 Å². The van der Waals surface area contributed by atoms with Crippen molar-refractivity contribution in [1.29, 1.82) is 0 Å². The van der Waals surface area contributed by atoms with Crippen LogP contribution >= 0.6 is 0 Å². The first-order chi connectivity index (χ1) is 19.4. The molecule has 2 saturated heterocycles. The first-order valence-electron chi connectivity index (χ1n) is 12.6. The van der Waals surface area contributed by atoms with Crippen LogP contribution in [0.25, 0.3) is 0 Å². The molecule has 0 radical (unpaired) electrons. The summed E-state index contributed by atoms with van der Waals surface area (Å²) in [5.41, 5.74) is -0.224. The second-order valence-corrected chi connectivity index (χ2v) is 9.08. The summed E-state index contributed by atoms with van der Waals surface area (Å²) in [6.07, 6.45) is -2.41. The number of carboxylic acids is 1. The summed E-state index contributed by atoms with van der Waals surface area (Å²) >= 11 is 0. The molecule has 2 aliphatic rings. The van der Waals surface area contributed by atoms with Crippen LogP contribution in [-0.4, -0.2) is 58.1 Å². The normalized spacial score (nSPS) is 23.5. The highest BCUT2D eigenvalue weighted by atomic mass is 19.1. The monoisotopic (exact) mass is 554 g/mol. The highest BCUT2D eigenvalue weighted by Gasteiger charge is 2.54. The summed E-state index contributed by atoms with van der Waals surface area (Å²) in [6.45, 7) is 1.74. The number of aromatic carboxylic acids is 1. The van der Waals surface area contributed by atoms with E-state index in [4.69, 9.17) is 18.9 Å². The molecule has 5 rings (SSSR count). The minimum atomic E-state index is -1.27. The molecule has 2 amide bonds. The van der Waals surface area contributed by atoms with Crippen molar-refractivity contribution >= 4 is 17.8 Å². The molecular formula is C27H27FN4O8. The van der Waals surface area contributed by atoms with E-state index in [1.807, 2.05) is 30.3 Å². The van der Waals surface area contributed by atoms with Gasteiger partial charge in [-0.25, -0.2) is 18.8 Å². The van der Waals surface area contributed by atoms with Gasteiger partial charge >= 0.3 is 17.7 Å². The summed E-state index contributed by atoms with van der Waals surface area (Å²) in [4.78, 5) is 40.2. The summed E-state index contributed by atoms with van der Waals surface area (Å²) in [7, 11) is 0. The van der Waals surface area contributed by atoms with E-state index in [0.717, 1.165) is 11.6 Å². The van der Waals surface area contributed by atoms with Gasteiger partial charge in [0.15, 0.2) is 12.5 Å². The van der Waals surface area contributed by atoms with E-state index in [0.29, 0.717) is 6.54 Å². The number of amides is 2. The number of rotatable bonds is 9. The Kier molecular flexibility index (Phi) is 8.16. The number of benzene rings is 2. The number of aromatic nitrogens is 2. The van der Waals surface area contributed by atoms with Crippen molar-refractivity contribution in [2.75, 3.05) is 18.5 Å². The van der Waals surface area contributed by atoms with Crippen molar-refractivity contribution in [1.82, 2.24) is 14.9 Å². The number of fused-ring (bicyclic) bond motifs is 1. The molecule has 2 unspecified atom stereocenters. The van der Waals surface area contributed by atoms with Gasteiger partial charge in [-0.15, -0.1) is 0 Å². The summed E-state index contributed by atoms with van der Waals surface area (Å²) in [5, 5.41) is 14.4. The van der Waals surface area contributed by atoms with Crippen LogP contribution in [0.1, 0.15) is 40.9 Å². The summed E-state index contributed by atoms with van der Waals surface area (Å²) < 4.78 is 39.8. The number of hydrogen-bond donors (Lipinski definition) is 3. The average Bonchev–Trinajstić information content (AvgIpc) is 3.51. The first kappa shape index (κ1) is 27.4. The maximum Gasteiger partial charge on any atom is 0.351 e. The molecule has 5 atom stereocenters. The number of ether oxygens (including phenoxy) is 4. The lowest BCUT2D eigenvalue weighted by atomic mass is 10.1. The van der Waals surface area contributed by atoms with Gasteiger partial charge in [-0.1, -0.05) is 36.4 Å². The molecule has 13 heteroatoms. The number of halogens is 1. The maximum atomic E-state index is 14.4. The Morgan fingerprint density at radius 3 is 2.58 bits per heavy atom. The van der Waals surface area contributed by atoms with Crippen LogP contribution in [-0.2, 0) is 25.6 Å². The third kappa shape index (κ3) is 5.72. The van der Waals surface area contributed by atoms with Gasteiger partial charge in [-0.05, 0) is 25.1 Å². The largest absolute Gasteiger partial charge is 0.478 e. The van der Waals surface area contributed by atoms with Crippen molar-refractivity contribution in [2.24, 2.45) is 0 Å². The second-order valence-electron chi connectivity index (χ2n) is 9.08. The van der Waals surface area contributed by atoms with Crippen LogP contribution < -0.4 is 16.3 Å². The van der Waals surface area contributed by atoms with Crippen molar-refractivity contribution in [3.05, 3.63) is 93.8 Å². The Hall–Kier alpha value is -4.17. The van der Waals surface area contributed by atoms with Gasteiger partial charge in [-0.2, -0.15) is 4.98 Å². The molecule has 2 aromatic carbocycles. The van der Waals surface area contributed by atoms with Crippen molar-refractivity contribution < 1.29 is 38.0 Å².